The summed E-state index contributed by atoms with van der Waals surface area (Å²) in [5.41, 5.74) is 21.3. The molecule has 0 fully saturated rings. The van der Waals surface area contributed by atoms with Gasteiger partial charge in [-0.15, -0.1) is 0 Å². The highest BCUT2D eigenvalue weighted by Gasteiger charge is 2.48. The van der Waals surface area contributed by atoms with Gasteiger partial charge in [-0.3, -0.25) is 4.98 Å². The second-order valence-corrected chi connectivity index (χ2v) is 15.4. The molecule has 0 spiro atoms. The summed E-state index contributed by atoms with van der Waals surface area (Å²) < 4.78 is 0. The van der Waals surface area contributed by atoms with Crippen molar-refractivity contribution in [3.63, 3.8) is 0 Å². The van der Waals surface area contributed by atoms with Gasteiger partial charge in [0.05, 0.1) is 16.5 Å². The maximum atomic E-state index is 5.36. The molecule has 8 aromatic rings. The van der Waals surface area contributed by atoms with Gasteiger partial charge in [-0.1, -0.05) is 180 Å². The van der Waals surface area contributed by atoms with Gasteiger partial charge >= 0.3 is 0 Å². The standard InChI is InChI=1S/C53H41N/c1-34-13-22-40(23-14-34)52(41-24-15-35(2)16-25-41)47-11-7-5-9-44(47)45-30-21-38(31-49(45)52)39-32-50-51(54-33-39)46-10-6-8-12-48(46)53(50,42-26-17-36(3)18-27-42)43-28-19-37(4)20-29-43/h5-33H,1-4H3. The molecule has 1 aromatic heterocycles. The third-order valence-electron chi connectivity index (χ3n) is 12.2. The monoisotopic (exact) mass is 691 g/mol. The molecule has 1 nitrogen and oxygen atoms in total. The number of hydrogen-bond acceptors (Lipinski definition) is 1. The summed E-state index contributed by atoms with van der Waals surface area (Å²) in [6, 6.07) is 64.0. The summed E-state index contributed by atoms with van der Waals surface area (Å²) >= 11 is 0. The van der Waals surface area contributed by atoms with Crippen molar-refractivity contribution < 1.29 is 0 Å². The van der Waals surface area contributed by atoms with Crippen molar-refractivity contribution in [3.05, 3.63) is 243 Å². The van der Waals surface area contributed by atoms with Crippen LogP contribution in [0.15, 0.2) is 176 Å². The first-order valence-corrected chi connectivity index (χ1v) is 19.0. The highest BCUT2D eigenvalue weighted by atomic mass is 14.7. The van der Waals surface area contributed by atoms with Gasteiger partial charge in [-0.25, -0.2) is 0 Å². The molecule has 1 heteroatoms. The maximum Gasteiger partial charge on any atom is 0.0753 e. The van der Waals surface area contributed by atoms with Crippen LogP contribution in [0.3, 0.4) is 0 Å². The molecule has 1 heterocycles. The molecular weight excluding hydrogens is 651 g/mol. The molecule has 2 aliphatic carbocycles. The summed E-state index contributed by atoms with van der Waals surface area (Å²) in [5.74, 6) is 0. The Bertz CT molecular complexity index is 2430. The van der Waals surface area contributed by atoms with Crippen LogP contribution >= 0.6 is 0 Å². The average molecular weight is 692 g/mol. The largest absolute Gasteiger partial charge is 0.255 e. The van der Waals surface area contributed by atoms with Crippen molar-refractivity contribution in [2.24, 2.45) is 0 Å². The Hall–Kier alpha value is -6.31. The zero-order valence-corrected chi connectivity index (χ0v) is 31.2. The number of nitrogens with zero attached hydrogens (tertiary/aromatic N) is 1. The van der Waals surface area contributed by atoms with Crippen molar-refractivity contribution in [1.29, 1.82) is 0 Å². The van der Waals surface area contributed by atoms with E-state index in [0.29, 0.717) is 0 Å². The van der Waals surface area contributed by atoms with Crippen LogP contribution in [0.25, 0.3) is 33.5 Å². The molecule has 0 N–H and O–H groups in total. The fourth-order valence-corrected chi connectivity index (χ4v) is 9.54. The van der Waals surface area contributed by atoms with Gasteiger partial charge in [-0.05, 0) is 101 Å². The van der Waals surface area contributed by atoms with E-state index in [4.69, 9.17) is 4.98 Å². The van der Waals surface area contributed by atoms with Gasteiger partial charge < -0.3 is 0 Å². The van der Waals surface area contributed by atoms with Crippen LogP contribution in [0.4, 0.5) is 0 Å². The van der Waals surface area contributed by atoms with Gasteiger partial charge in [0.25, 0.3) is 0 Å². The number of hydrogen-bond donors (Lipinski definition) is 0. The van der Waals surface area contributed by atoms with Crippen LogP contribution in [0.2, 0.25) is 0 Å². The molecule has 54 heavy (non-hydrogen) atoms. The molecule has 0 unspecified atom stereocenters. The van der Waals surface area contributed by atoms with Crippen molar-refractivity contribution >= 4 is 0 Å². The minimum Gasteiger partial charge on any atom is -0.255 e. The normalized spacial score (nSPS) is 14.2. The fourth-order valence-electron chi connectivity index (χ4n) is 9.54. The Morgan fingerprint density at radius 1 is 0.333 bits per heavy atom. The predicted octanol–water partition coefficient (Wildman–Crippen LogP) is 12.7. The second kappa shape index (κ2) is 12.1. The van der Waals surface area contributed by atoms with Crippen LogP contribution in [-0.2, 0) is 10.8 Å². The van der Waals surface area contributed by atoms with Gasteiger partial charge in [0, 0.05) is 17.3 Å². The minimum absolute atomic E-state index is 0.475. The van der Waals surface area contributed by atoms with Gasteiger partial charge in [0.2, 0.25) is 0 Å². The first kappa shape index (κ1) is 32.3. The third kappa shape index (κ3) is 4.55. The Labute approximate surface area is 318 Å². The van der Waals surface area contributed by atoms with Crippen molar-refractivity contribution in [3.8, 4) is 33.5 Å². The lowest BCUT2D eigenvalue weighted by molar-refractivity contribution is 0.765. The second-order valence-electron chi connectivity index (χ2n) is 15.4. The van der Waals surface area contributed by atoms with E-state index >= 15 is 0 Å². The van der Waals surface area contributed by atoms with E-state index in [2.05, 4.69) is 204 Å². The van der Waals surface area contributed by atoms with Crippen LogP contribution in [0.1, 0.15) is 66.8 Å². The Morgan fingerprint density at radius 2 is 0.722 bits per heavy atom. The van der Waals surface area contributed by atoms with Crippen LogP contribution in [0, 0.1) is 27.7 Å². The van der Waals surface area contributed by atoms with Crippen molar-refractivity contribution in [2.75, 3.05) is 0 Å². The molecule has 0 saturated carbocycles. The Kier molecular flexibility index (Phi) is 7.26. The van der Waals surface area contributed by atoms with E-state index in [1.807, 2.05) is 0 Å². The molecule has 0 aliphatic heterocycles. The van der Waals surface area contributed by atoms with E-state index in [1.165, 1.54) is 83.5 Å². The summed E-state index contributed by atoms with van der Waals surface area (Å²) in [5, 5.41) is 0. The van der Waals surface area contributed by atoms with E-state index in [1.54, 1.807) is 0 Å². The predicted molar refractivity (Wildman–Crippen MR) is 223 cm³/mol. The number of aryl methyl sites for hydroxylation is 4. The quantitative estimate of drug-likeness (QED) is 0.175. The van der Waals surface area contributed by atoms with Crippen LogP contribution in [0.5, 0.6) is 0 Å². The van der Waals surface area contributed by atoms with Crippen molar-refractivity contribution in [1.82, 2.24) is 4.98 Å². The zero-order chi connectivity index (χ0) is 36.6. The summed E-state index contributed by atoms with van der Waals surface area (Å²) in [7, 11) is 0. The smallest absolute Gasteiger partial charge is 0.0753 e. The molecule has 0 atom stereocenters. The molecular formula is C53H41N. The lowest BCUT2D eigenvalue weighted by Crippen LogP contribution is -2.29. The molecule has 258 valence electrons. The zero-order valence-electron chi connectivity index (χ0n) is 31.2. The van der Waals surface area contributed by atoms with E-state index in [0.717, 1.165) is 16.8 Å². The average Bonchev–Trinajstić information content (AvgIpc) is 3.67. The number of benzene rings is 7. The molecule has 0 amide bonds. The highest BCUT2D eigenvalue weighted by Crippen LogP contribution is 2.58. The lowest BCUT2D eigenvalue weighted by atomic mass is 9.67. The minimum atomic E-state index is -0.517. The first-order valence-electron chi connectivity index (χ1n) is 19.0. The maximum absolute atomic E-state index is 5.36. The van der Waals surface area contributed by atoms with Crippen LogP contribution in [-0.4, -0.2) is 4.98 Å². The van der Waals surface area contributed by atoms with Gasteiger partial charge in [0.15, 0.2) is 0 Å². The van der Waals surface area contributed by atoms with Crippen molar-refractivity contribution in [2.45, 2.75) is 38.5 Å². The SMILES string of the molecule is Cc1ccc(C2(c3ccc(C)cc3)c3ccccc3-c3ccc(-c4cnc5c(c4)C(c4ccc(C)cc4)(c4ccc(C)cc4)c4ccccc4-5)cc32)cc1. The number of rotatable bonds is 5. The van der Waals surface area contributed by atoms with E-state index < -0.39 is 10.8 Å². The van der Waals surface area contributed by atoms with Crippen LogP contribution < -0.4 is 0 Å². The molecule has 0 radical (unpaired) electrons. The summed E-state index contributed by atoms with van der Waals surface area (Å²) in [6.07, 6.45) is 2.10. The molecule has 10 rings (SSSR count). The molecule has 0 saturated heterocycles. The fraction of sp³-hybridized carbons (Fsp3) is 0.113. The van der Waals surface area contributed by atoms with E-state index in [-0.39, 0.29) is 0 Å². The topological polar surface area (TPSA) is 12.9 Å². The van der Waals surface area contributed by atoms with E-state index in [9.17, 15) is 0 Å². The van der Waals surface area contributed by atoms with Gasteiger partial charge in [-0.2, -0.15) is 0 Å². The molecule has 2 aliphatic rings. The molecule has 7 aromatic carbocycles. The summed E-state index contributed by atoms with van der Waals surface area (Å²) in [4.78, 5) is 5.36. The number of pyridine rings is 1. The highest BCUT2D eigenvalue weighted by molar-refractivity contribution is 5.90. The summed E-state index contributed by atoms with van der Waals surface area (Å²) in [6.45, 7) is 8.67. The molecule has 0 bridgehead atoms. The Morgan fingerprint density at radius 3 is 1.22 bits per heavy atom. The lowest BCUT2D eigenvalue weighted by Gasteiger charge is -2.34. The third-order valence-corrected chi connectivity index (χ3v) is 12.2. The Balaban J connectivity index is 1.24. The number of fused-ring (bicyclic) bond motifs is 6. The van der Waals surface area contributed by atoms with Gasteiger partial charge in [0.1, 0.15) is 0 Å². The first-order chi connectivity index (χ1) is 26.4. The number of aromatic nitrogens is 1.